The predicted molar refractivity (Wildman–Crippen MR) is 95.1 cm³/mol. The van der Waals surface area contributed by atoms with Crippen molar-refractivity contribution in [2.75, 3.05) is 0 Å². The van der Waals surface area contributed by atoms with E-state index >= 15 is 0 Å². The molecule has 0 aliphatic rings. The van der Waals surface area contributed by atoms with Crippen LogP contribution in [0.25, 0.3) is 28.3 Å². The highest BCUT2D eigenvalue weighted by Gasteiger charge is 2.19. The van der Waals surface area contributed by atoms with E-state index in [-0.39, 0.29) is 0 Å². The van der Waals surface area contributed by atoms with E-state index in [1.807, 2.05) is 54.8 Å². The molecule has 0 amide bonds. The molecule has 0 aromatic carbocycles. The molecule has 4 aromatic rings. The molecule has 0 saturated heterocycles. The molecule has 132 valence electrons. The van der Waals surface area contributed by atoms with E-state index in [1.54, 1.807) is 6.20 Å². The number of alkyl halides is 2. The number of hydrogen-bond donors (Lipinski definition) is 0. The number of nitrogens with zero attached hydrogens (tertiary/aromatic N) is 5. The zero-order valence-electron chi connectivity index (χ0n) is 14.4. The summed E-state index contributed by atoms with van der Waals surface area (Å²) in [7, 11) is 0. The predicted octanol–water partition coefficient (Wildman–Crippen LogP) is 4.14. The number of aryl methyl sites for hydroxylation is 2. The van der Waals surface area contributed by atoms with E-state index in [4.69, 9.17) is 0 Å². The van der Waals surface area contributed by atoms with Crippen LogP contribution in [0.3, 0.4) is 0 Å². The van der Waals surface area contributed by atoms with Crippen LogP contribution in [0.1, 0.15) is 11.4 Å². The largest absolute Gasteiger partial charge is 0.324 e. The molecular formula is C19H17F2N5. The van der Waals surface area contributed by atoms with Crippen molar-refractivity contribution in [2.45, 2.75) is 26.8 Å². The maximum absolute atomic E-state index is 13.1. The minimum Gasteiger partial charge on any atom is -0.324 e. The summed E-state index contributed by atoms with van der Waals surface area (Å²) >= 11 is 0. The molecule has 0 spiro atoms. The third-order valence-electron chi connectivity index (χ3n) is 4.27. The first-order valence-corrected chi connectivity index (χ1v) is 8.24. The second-order valence-corrected chi connectivity index (χ2v) is 6.19. The van der Waals surface area contributed by atoms with Crippen molar-refractivity contribution in [3.63, 3.8) is 0 Å². The van der Waals surface area contributed by atoms with Crippen LogP contribution in [-0.4, -0.2) is 30.3 Å². The van der Waals surface area contributed by atoms with Crippen molar-refractivity contribution in [1.29, 1.82) is 0 Å². The number of pyridine rings is 2. The Hall–Kier alpha value is -3.09. The smallest absolute Gasteiger partial charge is 0.256 e. The maximum Gasteiger partial charge on any atom is 0.256 e. The second kappa shape index (κ2) is 6.33. The quantitative estimate of drug-likeness (QED) is 0.554. The van der Waals surface area contributed by atoms with Crippen LogP contribution in [0.15, 0.2) is 49.1 Å². The summed E-state index contributed by atoms with van der Waals surface area (Å²) in [5, 5.41) is 0. The first-order chi connectivity index (χ1) is 12.5. The van der Waals surface area contributed by atoms with Gasteiger partial charge in [0.25, 0.3) is 6.43 Å². The molecule has 4 aromatic heterocycles. The summed E-state index contributed by atoms with van der Waals surface area (Å²) in [4.78, 5) is 13.2. The number of halogens is 2. The Morgan fingerprint density at radius 3 is 2.69 bits per heavy atom. The van der Waals surface area contributed by atoms with Crippen LogP contribution >= 0.6 is 0 Å². The summed E-state index contributed by atoms with van der Waals surface area (Å²) in [5.41, 5.74) is 5.28. The van der Waals surface area contributed by atoms with Crippen LogP contribution in [0, 0.1) is 13.8 Å². The summed E-state index contributed by atoms with van der Waals surface area (Å²) in [6, 6.07) is 9.36. The molecule has 0 N–H and O–H groups in total. The van der Waals surface area contributed by atoms with Crippen LogP contribution in [0.2, 0.25) is 0 Å². The molecule has 0 radical (unpaired) electrons. The number of hydrogen-bond acceptors (Lipinski definition) is 3. The van der Waals surface area contributed by atoms with Crippen molar-refractivity contribution < 1.29 is 8.78 Å². The van der Waals surface area contributed by atoms with E-state index in [2.05, 4.69) is 15.0 Å². The maximum atomic E-state index is 13.1. The van der Waals surface area contributed by atoms with E-state index < -0.39 is 13.0 Å². The molecule has 26 heavy (non-hydrogen) atoms. The normalized spacial score (nSPS) is 11.6. The van der Waals surface area contributed by atoms with Gasteiger partial charge in [-0.3, -0.25) is 4.98 Å². The van der Waals surface area contributed by atoms with Gasteiger partial charge in [-0.1, -0.05) is 6.07 Å². The number of imidazole rings is 2. The lowest BCUT2D eigenvalue weighted by Crippen LogP contribution is -2.07. The average Bonchev–Trinajstić information content (AvgIpc) is 3.18. The fourth-order valence-electron chi connectivity index (χ4n) is 3.08. The highest BCUT2D eigenvalue weighted by atomic mass is 19.3. The van der Waals surface area contributed by atoms with E-state index in [0.29, 0.717) is 17.1 Å². The van der Waals surface area contributed by atoms with Gasteiger partial charge in [-0.2, -0.15) is 0 Å². The van der Waals surface area contributed by atoms with Crippen LogP contribution < -0.4 is 0 Å². The standard InChI is InChI=1S/C19H17F2N5/c1-12-4-3-5-15(24-12)18-19(25(11-23-18)10-16(20)21)14-6-7-17-22-8-13(2)26(17)9-14/h3-9,11,16H,10H2,1-2H3. The monoisotopic (exact) mass is 353 g/mol. The van der Waals surface area contributed by atoms with Gasteiger partial charge in [-0.25, -0.2) is 18.7 Å². The van der Waals surface area contributed by atoms with Crippen molar-refractivity contribution in [1.82, 2.24) is 23.9 Å². The Balaban J connectivity index is 1.94. The average molecular weight is 353 g/mol. The number of fused-ring (bicyclic) bond motifs is 1. The topological polar surface area (TPSA) is 48.0 Å². The van der Waals surface area contributed by atoms with Crippen LogP contribution in [0.4, 0.5) is 8.78 Å². The number of aromatic nitrogens is 5. The van der Waals surface area contributed by atoms with Gasteiger partial charge in [0.2, 0.25) is 0 Å². The Morgan fingerprint density at radius 1 is 1.08 bits per heavy atom. The Kier molecular flexibility index (Phi) is 3.99. The van der Waals surface area contributed by atoms with Gasteiger partial charge in [0.1, 0.15) is 11.3 Å². The Labute approximate surface area is 149 Å². The highest BCUT2D eigenvalue weighted by molar-refractivity contribution is 5.77. The zero-order valence-corrected chi connectivity index (χ0v) is 14.4. The number of rotatable bonds is 4. The van der Waals surface area contributed by atoms with E-state index in [0.717, 1.165) is 22.6 Å². The minimum atomic E-state index is -2.47. The third-order valence-corrected chi connectivity index (χ3v) is 4.27. The first-order valence-electron chi connectivity index (χ1n) is 8.24. The summed E-state index contributed by atoms with van der Waals surface area (Å²) in [5.74, 6) is 0. The van der Waals surface area contributed by atoms with Gasteiger partial charge in [0, 0.05) is 29.3 Å². The molecule has 0 aliphatic carbocycles. The minimum absolute atomic E-state index is 0.422. The molecule has 0 aliphatic heterocycles. The van der Waals surface area contributed by atoms with Crippen molar-refractivity contribution in [3.05, 3.63) is 60.4 Å². The molecule has 4 heterocycles. The fourth-order valence-corrected chi connectivity index (χ4v) is 3.08. The molecule has 0 saturated carbocycles. The SMILES string of the molecule is Cc1cccc(-c2ncn(CC(F)F)c2-c2ccc3ncc(C)n3c2)n1. The third kappa shape index (κ3) is 2.85. The molecular weight excluding hydrogens is 336 g/mol. The second-order valence-electron chi connectivity index (χ2n) is 6.19. The molecule has 5 nitrogen and oxygen atoms in total. The van der Waals surface area contributed by atoms with Gasteiger partial charge < -0.3 is 8.97 Å². The van der Waals surface area contributed by atoms with E-state index in [1.165, 1.54) is 10.9 Å². The first kappa shape index (κ1) is 16.4. The van der Waals surface area contributed by atoms with Crippen molar-refractivity contribution in [2.24, 2.45) is 0 Å². The summed E-state index contributed by atoms with van der Waals surface area (Å²) < 4.78 is 29.6. The summed E-state index contributed by atoms with van der Waals surface area (Å²) in [6.07, 6.45) is 2.65. The molecule has 0 fully saturated rings. The molecule has 0 atom stereocenters. The van der Waals surface area contributed by atoms with Crippen molar-refractivity contribution in [3.8, 4) is 22.6 Å². The van der Waals surface area contributed by atoms with Gasteiger partial charge in [0.15, 0.2) is 0 Å². The summed E-state index contributed by atoms with van der Waals surface area (Å²) in [6.45, 7) is 3.42. The fraction of sp³-hybridized carbons (Fsp3) is 0.211. The Morgan fingerprint density at radius 2 is 1.92 bits per heavy atom. The highest BCUT2D eigenvalue weighted by Crippen LogP contribution is 2.31. The van der Waals surface area contributed by atoms with Crippen molar-refractivity contribution >= 4 is 5.65 Å². The van der Waals surface area contributed by atoms with Gasteiger partial charge in [0.05, 0.1) is 24.3 Å². The van der Waals surface area contributed by atoms with Gasteiger partial charge in [-0.05, 0) is 38.1 Å². The molecule has 4 rings (SSSR count). The lowest BCUT2D eigenvalue weighted by atomic mass is 10.1. The zero-order chi connectivity index (χ0) is 18.3. The van der Waals surface area contributed by atoms with Gasteiger partial charge >= 0.3 is 0 Å². The van der Waals surface area contributed by atoms with Crippen LogP contribution in [0.5, 0.6) is 0 Å². The molecule has 0 unspecified atom stereocenters. The Bertz CT molecular complexity index is 1080. The lowest BCUT2D eigenvalue weighted by Gasteiger charge is -2.11. The lowest BCUT2D eigenvalue weighted by molar-refractivity contribution is 0.127. The van der Waals surface area contributed by atoms with Crippen LogP contribution in [-0.2, 0) is 6.54 Å². The molecule has 7 heteroatoms. The molecule has 0 bridgehead atoms. The van der Waals surface area contributed by atoms with Gasteiger partial charge in [-0.15, -0.1) is 0 Å². The van der Waals surface area contributed by atoms with E-state index in [9.17, 15) is 8.78 Å².